The Kier molecular flexibility index (Phi) is 3.79. The Balaban J connectivity index is 2.40. The number of hydrogen-bond donors (Lipinski definition) is 2. The van der Waals surface area contributed by atoms with Crippen molar-refractivity contribution in [2.75, 3.05) is 24.8 Å². The number of anilines is 3. The molecule has 0 heterocycles. The van der Waals surface area contributed by atoms with Crippen LogP contribution < -0.4 is 21.1 Å². The molecule has 2 aromatic carbocycles. The zero-order valence-electron chi connectivity index (χ0n) is 11.5. The number of carbonyl (C=O) groups is 1. The standard InChI is InChI=1S/C15H17N3O2/c1-18(10-4-3-5-12(8-10)20-2)11-6-7-14(16)13(9-11)15(17)19/h3-9H,16H2,1-2H3,(H2,17,19). The van der Waals surface area contributed by atoms with Gasteiger partial charge in [0, 0.05) is 30.2 Å². The molecule has 0 bridgehead atoms. The van der Waals surface area contributed by atoms with E-state index >= 15 is 0 Å². The van der Waals surface area contributed by atoms with Gasteiger partial charge >= 0.3 is 0 Å². The maximum atomic E-state index is 11.3. The number of methoxy groups -OCH3 is 1. The van der Waals surface area contributed by atoms with E-state index in [1.54, 1.807) is 19.2 Å². The third-order valence-corrected chi connectivity index (χ3v) is 3.13. The molecule has 20 heavy (non-hydrogen) atoms. The van der Waals surface area contributed by atoms with Crippen LogP contribution in [-0.2, 0) is 0 Å². The smallest absolute Gasteiger partial charge is 0.250 e. The minimum atomic E-state index is -0.539. The Morgan fingerprint density at radius 2 is 1.85 bits per heavy atom. The van der Waals surface area contributed by atoms with E-state index in [-0.39, 0.29) is 0 Å². The van der Waals surface area contributed by atoms with E-state index in [9.17, 15) is 4.79 Å². The summed E-state index contributed by atoms with van der Waals surface area (Å²) < 4.78 is 5.20. The molecule has 0 atom stereocenters. The molecular formula is C15H17N3O2. The van der Waals surface area contributed by atoms with Gasteiger partial charge in [0.1, 0.15) is 5.75 Å². The molecule has 0 fully saturated rings. The van der Waals surface area contributed by atoms with Gasteiger partial charge in [0.25, 0.3) is 5.91 Å². The minimum absolute atomic E-state index is 0.317. The molecule has 5 nitrogen and oxygen atoms in total. The number of nitrogens with zero attached hydrogens (tertiary/aromatic N) is 1. The molecule has 0 radical (unpaired) electrons. The van der Waals surface area contributed by atoms with Crippen LogP contribution in [0.5, 0.6) is 5.75 Å². The van der Waals surface area contributed by atoms with Gasteiger partial charge in [-0.1, -0.05) is 6.07 Å². The Labute approximate surface area is 117 Å². The summed E-state index contributed by atoms with van der Waals surface area (Å²) in [5.41, 5.74) is 13.5. The average Bonchev–Trinajstić information content (AvgIpc) is 2.46. The van der Waals surface area contributed by atoms with Gasteiger partial charge in [-0.25, -0.2) is 0 Å². The molecule has 0 aromatic heterocycles. The van der Waals surface area contributed by atoms with E-state index in [4.69, 9.17) is 16.2 Å². The van der Waals surface area contributed by atoms with Crippen molar-refractivity contribution in [1.82, 2.24) is 0 Å². The molecule has 104 valence electrons. The Bertz CT molecular complexity index is 641. The SMILES string of the molecule is COc1cccc(N(C)c2ccc(N)c(C(N)=O)c2)c1. The molecule has 0 aliphatic heterocycles. The number of nitrogens with two attached hydrogens (primary N) is 2. The lowest BCUT2D eigenvalue weighted by molar-refractivity contribution is 0.100. The molecule has 0 saturated carbocycles. The van der Waals surface area contributed by atoms with Gasteiger partial charge in [-0.3, -0.25) is 4.79 Å². The molecule has 2 aromatic rings. The second-order valence-electron chi connectivity index (χ2n) is 4.40. The predicted molar refractivity (Wildman–Crippen MR) is 80.4 cm³/mol. The summed E-state index contributed by atoms with van der Waals surface area (Å²) in [4.78, 5) is 13.3. The van der Waals surface area contributed by atoms with Crippen molar-refractivity contribution in [1.29, 1.82) is 0 Å². The predicted octanol–water partition coefficient (Wildman–Crippen LogP) is 2.14. The van der Waals surface area contributed by atoms with Gasteiger partial charge < -0.3 is 21.1 Å². The molecule has 0 saturated heterocycles. The summed E-state index contributed by atoms with van der Waals surface area (Å²) in [5, 5.41) is 0. The summed E-state index contributed by atoms with van der Waals surface area (Å²) in [5.74, 6) is 0.225. The Morgan fingerprint density at radius 1 is 1.15 bits per heavy atom. The first kappa shape index (κ1) is 13.7. The first-order chi connectivity index (χ1) is 9.52. The van der Waals surface area contributed by atoms with Crippen LogP contribution in [0.2, 0.25) is 0 Å². The van der Waals surface area contributed by atoms with Gasteiger partial charge in [0.05, 0.1) is 12.7 Å². The second-order valence-corrected chi connectivity index (χ2v) is 4.40. The van der Waals surface area contributed by atoms with Crippen LogP contribution >= 0.6 is 0 Å². The van der Waals surface area contributed by atoms with E-state index in [2.05, 4.69) is 0 Å². The molecule has 5 heteroatoms. The molecule has 2 rings (SSSR count). The Morgan fingerprint density at radius 3 is 2.50 bits per heavy atom. The zero-order chi connectivity index (χ0) is 14.7. The van der Waals surface area contributed by atoms with E-state index in [1.165, 1.54) is 0 Å². The van der Waals surface area contributed by atoms with Crippen LogP contribution in [-0.4, -0.2) is 20.1 Å². The fourth-order valence-corrected chi connectivity index (χ4v) is 1.93. The number of rotatable bonds is 4. The van der Waals surface area contributed by atoms with E-state index in [0.717, 1.165) is 17.1 Å². The molecule has 0 spiro atoms. The first-order valence-electron chi connectivity index (χ1n) is 6.10. The van der Waals surface area contributed by atoms with Crippen molar-refractivity contribution < 1.29 is 9.53 Å². The normalized spacial score (nSPS) is 10.1. The van der Waals surface area contributed by atoms with Crippen LogP contribution in [0.3, 0.4) is 0 Å². The summed E-state index contributed by atoms with van der Waals surface area (Å²) in [6.45, 7) is 0. The monoisotopic (exact) mass is 271 g/mol. The van der Waals surface area contributed by atoms with Crippen molar-refractivity contribution >= 4 is 23.0 Å². The van der Waals surface area contributed by atoms with Crippen molar-refractivity contribution in [3.05, 3.63) is 48.0 Å². The van der Waals surface area contributed by atoms with Crippen LogP contribution in [0.4, 0.5) is 17.1 Å². The highest BCUT2D eigenvalue weighted by atomic mass is 16.5. The average molecular weight is 271 g/mol. The van der Waals surface area contributed by atoms with Gasteiger partial charge in [-0.15, -0.1) is 0 Å². The molecule has 0 aliphatic carbocycles. The second kappa shape index (κ2) is 5.52. The van der Waals surface area contributed by atoms with Crippen LogP contribution in [0.25, 0.3) is 0 Å². The molecule has 1 amide bonds. The molecule has 0 aliphatic rings. The highest BCUT2D eigenvalue weighted by Crippen LogP contribution is 2.28. The number of hydrogen-bond acceptors (Lipinski definition) is 4. The minimum Gasteiger partial charge on any atom is -0.497 e. The van der Waals surface area contributed by atoms with E-state index < -0.39 is 5.91 Å². The van der Waals surface area contributed by atoms with Crippen LogP contribution in [0, 0.1) is 0 Å². The maximum absolute atomic E-state index is 11.3. The third kappa shape index (κ3) is 2.66. The fraction of sp³-hybridized carbons (Fsp3) is 0.133. The Hall–Kier alpha value is -2.69. The number of amides is 1. The first-order valence-corrected chi connectivity index (χ1v) is 6.10. The van der Waals surface area contributed by atoms with Crippen LogP contribution in [0.1, 0.15) is 10.4 Å². The van der Waals surface area contributed by atoms with Gasteiger partial charge in [0.15, 0.2) is 0 Å². The fourth-order valence-electron chi connectivity index (χ4n) is 1.93. The maximum Gasteiger partial charge on any atom is 0.250 e. The number of carbonyl (C=O) groups excluding carboxylic acids is 1. The molecule has 4 N–H and O–H groups in total. The van der Waals surface area contributed by atoms with Gasteiger partial charge in [-0.05, 0) is 30.3 Å². The summed E-state index contributed by atoms with van der Waals surface area (Å²) in [7, 11) is 3.51. The lowest BCUT2D eigenvalue weighted by Gasteiger charge is -2.21. The van der Waals surface area contributed by atoms with E-state index in [1.807, 2.05) is 42.3 Å². The van der Waals surface area contributed by atoms with Crippen molar-refractivity contribution in [3.8, 4) is 5.75 Å². The topological polar surface area (TPSA) is 81.6 Å². The lowest BCUT2D eigenvalue weighted by Crippen LogP contribution is -2.16. The summed E-state index contributed by atoms with van der Waals surface area (Å²) >= 11 is 0. The van der Waals surface area contributed by atoms with Gasteiger partial charge in [0.2, 0.25) is 0 Å². The van der Waals surface area contributed by atoms with Crippen molar-refractivity contribution in [2.45, 2.75) is 0 Å². The van der Waals surface area contributed by atoms with Crippen LogP contribution in [0.15, 0.2) is 42.5 Å². The number of ether oxygens (including phenoxy) is 1. The van der Waals surface area contributed by atoms with Crippen molar-refractivity contribution in [3.63, 3.8) is 0 Å². The zero-order valence-corrected chi connectivity index (χ0v) is 11.5. The number of primary amides is 1. The highest BCUT2D eigenvalue weighted by molar-refractivity contribution is 5.99. The largest absolute Gasteiger partial charge is 0.497 e. The van der Waals surface area contributed by atoms with E-state index in [0.29, 0.717) is 11.3 Å². The molecular weight excluding hydrogens is 254 g/mol. The third-order valence-electron chi connectivity index (χ3n) is 3.13. The lowest BCUT2D eigenvalue weighted by atomic mass is 10.1. The van der Waals surface area contributed by atoms with Gasteiger partial charge in [-0.2, -0.15) is 0 Å². The number of benzene rings is 2. The quantitative estimate of drug-likeness (QED) is 0.835. The van der Waals surface area contributed by atoms with Crippen molar-refractivity contribution in [2.24, 2.45) is 5.73 Å². The molecule has 0 unspecified atom stereocenters. The highest BCUT2D eigenvalue weighted by Gasteiger charge is 2.10. The summed E-state index contributed by atoms with van der Waals surface area (Å²) in [6.07, 6.45) is 0. The summed E-state index contributed by atoms with van der Waals surface area (Å²) in [6, 6.07) is 12.8. The number of nitrogen functional groups attached to an aromatic ring is 1.